The number of nitrogens with one attached hydrogen (secondary N) is 2. The van der Waals surface area contributed by atoms with Crippen molar-refractivity contribution in [1.82, 2.24) is 5.32 Å². The van der Waals surface area contributed by atoms with E-state index in [1.165, 1.54) is 4.90 Å². The molecule has 4 heteroatoms. The van der Waals surface area contributed by atoms with Crippen molar-refractivity contribution in [2.24, 2.45) is 0 Å². The van der Waals surface area contributed by atoms with Crippen LogP contribution in [0.4, 0.5) is 5.69 Å². The molecule has 2 unspecified atom stereocenters. The quantitative estimate of drug-likeness (QED) is 0.834. The average Bonchev–Trinajstić information content (AvgIpc) is 2.20. The van der Waals surface area contributed by atoms with E-state index in [-0.39, 0.29) is 0 Å². The van der Waals surface area contributed by atoms with Gasteiger partial charge >= 0.3 is 0 Å². The molecule has 2 atom stereocenters. The minimum Gasteiger partial charge on any atom is -0.380 e. The van der Waals surface area contributed by atoms with E-state index in [2.05, 4.69) is 23.6 Å². The Labute approximate surface area is 99.8 Å². The zero-order chi connectivity index (χ0) is 10.8. The lowest BCUT2D eigenvalue weighted by Gasteiger charge is -2.31. The molecule has 2 nitrogen and oxygen atoms in total. The lowest BCUT2D eigenvalue weighted by Crippen LogP contribution is -2.38. The van der Waals surface area contributed by atoms with Gasteiger partial charge in [0.05, 0.1) is 0 Å². The molecule has 0 radical (unpaired) electrons. The Hall–Kier alpha value is -0.380. The molecule has 15 heavy (non-hydrogen) atoms. The summed E-state index contributed by atoms with van der Waals surface area (Å²) in [6, 6.07) is 6.50. The lowest BCUT2D eigenvalue weighted by atomic mass is 10.2. The molecule has 2 rings (SSSR count). The van der Waals surface area contributed by atoms with Gasteiger partial charge in [0, 0.05) is 33.4 Å². The predicted octanol–water partition coefficient (Wildman–Crippen LogP) is 2.83. The van der Waals surface area contributed by atoms with Crippen LogP contribution in [0.15, 0.2) is 23.1 Å². The molecule has 0 spiro atoms. The van der Waals surface area contributed by atoms with E-state index in [9.17, 15) is 0 Å². The van der Waals surface area contributed by atoms with Crippen molar-refractivity contribution >= 4 is 29.1 Å². The highest BCUT2D eigenvalue weighted by Gasteiger charge is 2.24. The minimum atomic E-state index is 0.466. The van der Waals surface area contributed by atoms with Gasteiger partial charge < -0.3 is 10.6 Å². The van der Waals surface area contributed by atoms with Gasteiger partial charge in [0.2, 0.25) is 0 Å². The second-order valence-electron chi connectivity index (χ2n) is 3.79. The molecule has 1 aliphatic rings. The SMILES string of the molecule is CNCC1Sc2ccc(Cl)cc2NC1C. The fraction of sp³-hybridized carbons (Fsp3) is 0.455. The largest absolute Gasteiger partial charge is 0.380 e. The van der Waals surface area contributed by atoms with E-state index in [4.69, 9.17) is 11.6 Å². The zero-order valence-electron chi connectivity index (χ0n) is 8.88. The number of hydrogen-bond acceptors (Lipinski definition) is 3. The van der Waals surface area contributed by atoms with Crippen molar-refractivity contribution in [2.75, 3.05) is 18.9 Å². The fourth-order valence-electron chi connectivity index (χ4n) is 1.74. The number of anilines is 1. The van der Waals surface area contributed by atoms with Crippen molar-refractivity contribution in [3.8, 4) is 0 Å². The topological polar surface area (TPSA) is 24.1 Å². The highest BCUT2D eigenvalue weighted by molar-refractivity contribution is 8.00. The van der Waals surface area contributed by atoms with Gasteiger partial charge in [0.15, 0.2) is 0 Å². The maximum atomic E-state index is 5.96. The minimum absolute atomic E-state index is 0.466. The Morgan fingerprint density at radius 3 is 3.07 bits per heavy atom. The first-order chi connectivity index (χ1) is 7.20. The van der Waals surface area contributed by atoms with Crippen LogP contribution in [0.25, 0.3) is 0 Å². The van der Waals surface area contributed by atoms with Crippen LogP contribution in [0.1, 0.15) is 6.92 Å². The fourth-order valence-corrected chi connectivity index (χ4v) is 3.15. The standard InChI is InChI=1S/C11H15ClN2S/c1-7-11(6-13-2)15-10-4-3-8(12)5-9(10)14-7/h3-5,7,11,13-14H,6H2,1-2H3. The van der Waals surface area contributed by atoms with E-state index >= 15 is 0 Å². The van der Waals surface area contributed by atoms with E-state index in [0.29, 0.717) is 11.3 Å². The van der Waals surface area contributed by atoms with Crippen molar-refractivity contribution in [3.63, 3.8) is 0 Å². The van der Waals surface area contributed by atoms with Crippen LogP contribution in [0, 0.1) is 0 Å². The Morgan fingerprint density at radius 2 is 2.33 bits per heavy atom. The summed E-state index contributed by atoms with van der Waals surface area (Å²) in [7, 11) is 1.99. The molecule has 1 heterocycles. The summed E-state index contributed by atoms with van der Waals surface area (Å²) in [5, 5.41) is 8.08. The molecule has 1 aliphatic heterocycles. The van der Waals surface area contributed by atoms with Crippen LogP contribution in [0.3, 0.4) is 0 Å². The molecule has 0 aliphatic carbocycles. The van der Waals surface area contributed by atoms with Gasteiger partial charge in [0.25, 0.3) is 0 Å². The maximum Gasteiger partial charge on any atom is 0.0495 e. The van der Waals surface area contributed by atoms with Crippen LogP contribution < -0.4 is 10.6 Å². The summed E-state index contributed by atoms with van der Waals surface area (Å²) in [5.41, 5.74) is 1.16. The summed E-state index contributed by atoms with van der Waals surface area (Å²) in [4.78, 5) is 1.29. The zero-order valence-corrected chi connectivity index (χ0v) is 10.5. The summed E-state index contributed by atoms with van der Waals surface area (Å²) >= 11 is 7.88. The van der Waals surface area contributed by atoms with E-state index in [1.807, 2.05) is 30.9 Å². The number of thioether (sulfide) groups is 1. The van der Waals surface area contributed by atoms with Gasteiger partial charge in [-0.05, 0) is 32.2 Å². The molecule has 0 saturated carbocycles. The molecule has 2 N–H and O–H groups in total. The highest BCUT2D eigenvalue weighted by atomic mass is 35.5. The smallest absolute Gasteiger partial charge is 0.0495 e. The number of fused-ring (bicyclic) bond motifs is 1. The third kappa shape index (κ3) is 2.41. The molecule has 0 aromatic heterocycles. The van der Waals surface area contributed by atoms with Crippen LogP contribution in [0.5, 0.6) is 0 Å². The van der Waals surface area contributed by atoms with E-state index in [1.54, 1.807) is 0 Å². The molecular formula is C11H15ClN2S. The average molecular weight is 243 g/mol. The number of rotatable bonds is 2. The molecule has 82 valence electrons. The van der Waals surface area contributed by atoms with Gasteiger partial charge in [-0.3, -0.25) is 0 Å². The van der Waals surface area contributed by atoms with Crippen LogP contribution in [-0.2, 0) is 0 Å². The second kappa shape index (κ2) is 4.64. The van der Waals surface area contributed by atoms with E-state index < -0.39 is 0 Å². The Kier molecular flexibility index (Phi) is 3.44. The van der Waals surface area contributed by atoms with Crippen molar-refractivity contribution in [2.45, 2.75) is 23.1 Å². The summed E-state index contributed by atoms with van der Waals surface area (Å²) in [6.45, 7) is 3.22. The summed E-state index contributed by atoms with van der Waals surface area (Å²) in [5.74, 6) is 0. The molecule has 0 fully saturated rings. The summed E-state index contributed by atoms with van der Waals surface area (Å²) in [6.07, 6.45) is 0. The van der Waals surface area contributed by atoms with Gasteiger partial charge in [-0.2, -0.15) is 0 Å². The van der Waals surface area contributed by atoms with Gasteiger partial charge in [-0.15, -0.1) is 11.8 Å². The summed E-state index contributed by atoms with van der Waals surface area (Å²) < 4.78 is 0. The first-order valence-electron chi connectivity index (χ1n) is 5.08. The molecule has 0 bridgehead atoms. The first-order valence-corrected chi connectivity index (χ1v) is 6.34. The Balaban J connectivity index is 2.22. The molecule has 1 aromatic carbocycles. The van der Waals surface area contributed by atoms with Crippen molar-refractivity contribution in [3.05, 3.63) is 23.2 Å². The normalized spacial score (nSPS) is 24.5. The van der Waals surface area contributed by atoms with Crippen LogP contribution in [-0.4, -0.2) is 24.9 Å². The van der Waals surface area contributed by atoms with E-state index in [0.717, 1.165) is 17.3 Å². The monoisotopic (exact) mass is 242 g/mol. The van der Waals surface area contributed by atoms with Gasteiger partial charge in [0.1, 0.15) is 0 Å². The second-order valence-corrected chi connectivity index (χ2v) is 5.50. The Bertz CT molecular complexity index is 356. The molecule has 0 saturated heterocycles. The van der Waals surface area contributed by atoms with Crippen LogP contribution in [0.2, 0.25) is 5.02 Å². The molecule has 1 aromatic rings. The number of halogens is 1. The lowest BCUT2D eigenvalue weighted by molar-refractivity contribution is 0.665. The van der Waals surface area contributed by atoms with Crippen LogP contribution >= 0.6 is 23.4 Å². The first kappa shape index (κ1) is 11.1. The maximum absolute atomic E-state index is 5.96. The molecule has 0 amide bonds. The molecular weight excluding hydrogens is 228 g/mol. The number of hydrogen-bond donors (Lipinski definition) is 2. The third-order valence-corrected chi connectivity index (χ3v) is 4.29. The van der Waals surface area contributed by atoms with Crippen molar-refractivity contribution < 1.29 is 0 Å². The Morgan fingerprint density at radius 1 is 1.53 bits per heavy atom. The van der Waals surface area contributed by atoms with Crippen molar-refractivity contribution in [1.29, 1.82) is 0 Å². The predicted molar refractivity (Wildman–Crippen MR) is 68.1 cm³/mol. The highest BCUT2D eigenvalue weighted by Crippen LogP contribution is 2.38. The third-order valence-electron chi connectivity index (χ3n) is 2.57. The van der Waals surface area contributed by atoms with Gasteiger partial charge in [-0.1, -0.05) is 11.6 Å². The number of benzene rings is 1. The van der Waals surface area contributed by atoms with Gasteiger partial charge in [-0.25, -0.2) is 0 Å².